The van der Waals surface area contributed by atoms with Gasteiger partial charge >= 0.3 is 5.69 Å². The van der Waals surface area contributed by atoms with Gasteiger partial charge in [0, 0.05) is 64.6 Å². The zero-order chi connectivity index (χ0) is 20.8. The second-order valence-electron chi connectivity index (χ2n) is 7.34. The number of piperazine rings is 1. The quantitative estimate of drug-likeness (QED) is 0.534. The van der Waals surface area contributed by atoms with E-state index >= 15 is 0 Å². The van der Waals surface area contributed by atoms with Crippen LogP contribution in [0.25, 0.3) is 0 Å². The van der Waals surface area contributed by atoms with E-state index in [0.717, 1.165) is 70.7 Å². The molecule has 0 amide bonds. The number of anilines is 3. The van der Waals surface area contributed by atoms with E-state index in [0.29, 0.717) is 12.4 Å². The second kappa shape index (κ2) is 9.68. The molecule has 0 bridgehead atoms. The molecule has 2 aromatic rings. The largest absolute Gasteiger partial charge is 0.379 e. The number of hydrogen-bond acceptors (Lipinski definition) is 9. The number of rotatable bonds is 7. The summed E-state index contributed by atoms with van der Waals surface area (Å²) >= 11 is 0. The van der Waals surface area contributed by atoms with Crippen LogP contribution in [0, 0.1) is 10.1 Å². The molecule has 0 atom stereocenters. The van der Waals surface area contributed by atoms with Crippen LogP contribution < -0.4 is 15.1 Å². The highest BCUT2D eigenvalue weighted by molar-refractivity contribution is 5.61. The summed E-state index contributed by atoms with van der Waals surface area (Å²) in [5.41, 5.74) is 0.00727. The summed E-state index contributed by atoms with van der Waals surface area (Å²) in [6.45, 7) is 7.88. The summed E-state index contributed by atoms with van der Waals surface area (Å²) in [5.74, 6) is 2.06. The third-order valence-electron chi connectivity index (χ3n) is 5.46. The third kappa shape index (κ3) is 4.95. The average Bonchev–Trinajstić information content (AvgIpc) is 2.80. The van der Waals surface area contributed by atoms with Crippen molar-refractivity contribution in [2.45, 2.75) is 0 Å². The van der Waals surface area contributed by atoms with Gasteiger partial charge in [0.05, 0.1) is 18.1 Å². The van der Waals surface area contributed by atoms with Gasteiger partial charge in [-0.3, -0.25) is 15.0 Å². The molecule has 4 heterocycles. The Balaban J connectivity index is 1.38. The maximum absolute atomic E-state index is 11.4. The molecule has 160 valence electrons. The highest BCUT2D eigenvalue weighted by Crippen LogP contribution is 2.26. The molecule has 2 aromatic heterocycles. The maximum Gasteiger partial charge on any atom is 0.311 e. The second-order valence-corrected chi connectivity index (χ2v) is 7.34. The van der Waals surface area contributed by atoms with E-state index in [4.69, 9.17) is 4.74 Å². The molecule has 0 unspecified atom stereocenters. The number of nitro groups is 1. The highest BCUT2D eigenvalue weighted by Gasteiger charge is 2.22. The minimum atomic E-state index is -0.382. The molecule has 2 fully saturated rings. The van der Waals surface area contributed by atoms with Crippen molar-refractivity contribution >= 4 is 23.1 Å². The standard InChI is InChI=1S/C20H27N7O3/c28-27(29)17-4-5-19(23-20(17)22-7-8-24-13-15-30-16-14-24)26-11-9-25(10-12-26)18-3-1-2-6-21-18/h1-6H,7-16H2,(H,22,23). The van der Waals surface area contributed by atoms with Gasteiger partial charge < -0.3 is 19.9 Å². The Bertz CT molecular complexity index is 838. The zero-order valence-corrected chi connectivity index (χ0v) is 16.9. The Morgan fingerprint density at radius 3 is 2.40 bits per heavy atom. The summed E-state index contributed by atoms with van der Waals surface area (Å²) in [6, 6.07) is 9.19. The van der Waals surface area contributed by atoms with Gasteiger partial charge in [-0.05, 0) is 18.2 Å². The monoisotopic (exact) mass is 413 g/mol. The number of aromatic nitrogens is 2. The number of ether oxygens (including phenoxy) is 1. The van der Waals surface area contributed by atoms with Gasteiger partial charge in [0.1, 0.15) is 11.6 Å². The smallest absolute Gasteiger partial charge is 0.311 e. The Labute approximate surface area is 175 Å². The summed E-state index contributed by atoms with van der Waals surface area (Å²) in [4.78, 5) is 26.8. The molecular weight excluding hydrogens is 386 g/mol. The van der Waals surface area contributed by atoms with Gasteiger partial charge in [-0.1, -0.05) is 6.07 Å². The predicted octanol–water partition coefficient (Wildman–Crippen LogP) is 1.46. The van der Waals surface area contributed by atoms with Crippen molar-refractivity contribution in [2.75, 3.05) is 80.7 Å². The van der Waals surface area contributed by atoms with Crippen LogP contribution in [0.15, 0.2) is 36.5 Å². The molecular formula is C20H27N7O3. The Morgan fingerprint density at radius 2 is 1.73 bits per heavy atom. The van der Waals surface area contributed by atoms with Crippen LogP contribution in [0.1, 0.15) is 0 Å². The molecule has 4 rings (SSSR count). The lowest BCUT2D eigenvalue weighted by Crippen LogP contribution is -2.47. The van der Waals surface area contributed by atoms with E-state index < -0.39 is 0 Å². The predicted molar refractivity (Wildman–Crippen MR) is 115 cm³/mol. The lowest BCUT2D eigenvalue weighted by atomic mass is 10.2. The minimum absolute atomic E-state index is 0.00727. The number of pyridine rings is 2. The highest BCUT2D eigenvalue weighted by atomic mass is 16.6. The molecule has 0 radical (unpaired) electrons. The van der Waals surface area contributed by atoms with Crippen LogP contribution in [0.4, 0.5) is 23.1 Å². The van der Waals surface area contributed by atoms with E-state index in [9.17, 15) is 10.1 Å². The first-order chi connectivity index (χ1) is 14.7. The van der Waals surface area contributed by atoms with Crippen molar-refractivity contribution in [1.29, 1.82) is 0 Å². The van der Waals surface area contributed by atoms with Crippen LogP contribution in [-0.2, 0) is 4.74 Å². The van der Waals surface area contributed by atoms with Crippen LogP contribution >= 0.6 is 0 Å². The molecule has 0 aromatic carbocycles. The molecule has 0 spiro atoms. The van der Waals surface area contributed by atoms with Gasteiger partial charge in [-0.25, -0.2) is 9.97 Å². The Morgan fingerprint density at radius 1 is 1.00 bits per heavy atom. The lowest BCUT2D eigenvalue weighted by Gasteiger charge is -2.36. The van der Waals surface area contributed by atoms with Crippen LogP contribution in [0.2, 0.25) is 0 Å². The first kappa shape index (κ1) is 20.3. The van der Waals surface area contributed by atoms with E-state index in [1.165, 1.54) is 0 Å². The molecule has 2 saturated heterocycles. The van der Waals surface area contributed by atoms with Crippen LogP contribution in [0.3, 0.4) is 0 Å². The lowest BCUT2D eigenvalue weighted by molar-refractivity contribution is -0.384. The fourth-order valence-corrected chi connectivity index (χ4v) is 3.76. The first-order valence-corrected chi connectivity index (χ1v) is 10.3. The maximum atomic E-state index is 11.4. The first-order valence-electron chi connectivity index (χ1n) is 10.3. The Hall–Kier alpha value is -2.98. The molecule has 0 saturated carbocycles. The molecule has 2 aliphatic rings. The van der Waals surface area contributed by atoms with Gasteiger partial charge in [0.2, 0.25) is 5.82 Å². The summed E-state index contributed by atoms with van der Waals surface area (Å²) < 4.78 is 5.36. The van der Waals surface area contributed by atoms with Crippen molar-refractivity contribution in [3.8, 4) is 0 Å². The van der Waals surface area contributed by atoms with Crippen molar-refractivity contribution in [3.63, 3.8) is 0 Å². The van der Waals surface area contributed by atoms with Crippen molar-refractivity contribution < 1.29 is 9.66 Å². The molecule has 10 heteroatoms. The van der Waals surface area contributed by atoms with Crippen LogP contribution in [-0.4, -0.2) is 85.4 Å². The van der Waals surface area contributed by atoms with E-state index in [1.54, 1.807) is 18.3 Å². The zero-order valence-electron chi connectivity index (χ0n) is 16.9. The van der Waals surface area contributed by atoms with Crippen LogP contribution in [0.5, 0.6) is 0 Å². The molecule has 1 N–H and O–H groups in total. The summed E-state index contributed by atoms with van der Waals surface area (Å²) in [6.07, 6.45) is 1.80. The van der Waals surface area contributed by atoms with Crippen molar-refractivity contribution in [2.24, 2.45) is 0 Å². The van der Waals surface area contributed by atoms with Gasteiger partial charge in [-0.2, -0.15) is 0 Å². The van der Waals surface area contributed by atoms with Crippen molar-refractivity contribution in [3.05, 3.63) is 46.6 Å². The van der Waals surface area contributed by atoms with Gasteiger partial charge in [0.15, 0.2) is 0 Å². The Kier molecular flexibility index (Phi) is 6.55. The number of morpholine rings is 1. The number of nitrogens with one attached hydrogen (secondary N) is 1. The number of nitrogens with zero attached hydrogens (tertiary/aromatic N) is 6. The molecule has 30 heavy (non-hydrogen) atoms. The fourth-order valence-electron chi connectivity index (χ4n) is 3.76. The average molecular weight is 413 g/mol. The molecule has 2 aliphatic heterocycles. The van der Waals surface area contributed by atoms with E-state index in [1.807, 2.05) is 18.2 Å². The van der Waals surface area contributed by atoms with Crippen molar-refractivity contribution in [1.82, 2.24) is 14.9 Å². The van der Waals surface area contributed by atoms with E-state index in [2.05, 4.69) is 30.0 Å². The third-order valence-corrected chi connectivity index (χ3v) is 5.46. The van der Waals surface area contributed by atoms with Gasteiger partial charge in [-0.15, -0.1) is 0 Å². The molecule has 10 nitrogen and oxygen atoms in total. The van der Waals surface area contributed by atoms with E-state index in [-0.39, 0.29) is 10.6 Å². The topological polar surface area (TPSA) is 99.9 Å². The number of hydrogen-bond donors (Lipinski definition) is 1. The SMILES string of the molecule is O=[N+]([O-])c1ccc(N2CCN(c3ccccn3)CC2)nc1NCCN1CCOCC1. The summed E-state index contributed by atoms with van der Waals surface area (Å²) in [5, 5.41) is 14.6. The molecule has 0 aliphatic carbocycles. The fraction of sp³-hybridized carbons (Fsp3) is 0.500. The normalized spacial score (nSPS) is 17.7. The van der Waals surface area contributed by atoms with Gasteiger partial charge in [0.25, 0.3) is 0 Å². The minimum Gasteiger partial charge on any atom is -0.379 e. The summed E-state index contributed by atoms with van der Waals surface area (Å²) in [7, 11) is 0.